The maximum absolute atomic E-state index is 6.53. The number of hydrogen-bond donors (Lipinski definition) is 0. The van der Waals surface area contributed by atoms with Crippen LogP contribution in [0.3, 0.4) is 0 Å². The summed E-state index contributed by atoms with van der Waals surface area (Å²) in [6, 6.07) is 6.16. The topological polar surface area (TPSA) is 27.7 Å². The van der Waals surface area contributed by atoms with Gasteiger partial charge in [-0.05, 0) is 0 Å². The first-order valence-corrected chi connectivity index (χ1v) is 19.1. The predicted molar refractivity (Wildman–Crippen MR) is 171 cm³/mol. The lowest BCUT2D eigenvalue weighted by atomic mass is 10.3. The van der Waals surface area contributed by atoms with Gasteiger partial charge in [0.1, 0.15) is 35.6 Å². The van der Waals surface area contributed by atoms with Crippen LogP contribution in [0.1, 0.15) is 0 Å². The van der Waals surface area contributed by atoms with Crippen molar-refractivity contribution in [2.75, 3.05) is 69.0 Å². The Labute approximate surface area is 242 Å². The Hall–Kier alpha value is -0.0600. The first-order chi connectivity index (χ1) is 17.5. The average molecular weight is 601 g/mol. The molecule has 3 fully saturated rings. The highest BCUT2D eigenvalue weighted by atomic mass is 32.2. The van der Waals surface area contributed by atoms with Gasteiger partial charge in [-0.2, -0.15) is 70.6 Å². The van der Waals surface area contributed by atoms with Gasteiger partial charge in [0, 0.05) is 87.2 Å². The second-order valence-electron chi connectivity index (χ2n) is 9.20. The molecule has 0 aromatic heterocycles. The molecule has 3 aliphatic rings. The second kappa shape index (κ2) is 15.5. The molecule has 0 spiro atoms. The molecule has 0 unspecified atom stereocenters. The van der Waals surface area contributed by atoms with Crippen molar-refractivity contribution in [2.24, 2.45) is 0 Å². The van der Waals surface area contributed by atoms with Crippen molar-refractivity contribution >= 4 is 70.6 Å². The Balaban J connectivity index is 1.46. The van der Waals surface area contributed by atoms with Crippen LogP contribution in [0, 0.1) is 0 Å². The summed E-state index contributed by atoms with van der Waals surface area (Å²) in [5.41, 5.74) is 3.93. The highest BCUT2D eigenvalue weighted by Crippen LogP contribution is 2.33. The highest BCUT2D eigenvalue weighted by Gasteiger charge is 2.20. The van der Waals surface area contributed by atoms with E-state index in [1.165, 1.54) is 16.7 Å². The molecule has 36 heavy (non-hydrogen) atoms. The Bertz CT molecular complexity index is 745. The van der Waals surface area contributed by atoms with Crippen LogP contribution in [0.2, 0.25) is 0 Å². The quantitative estimate of drug-likeness (QED) is 0.319. The number of hydrogen-bond acceptors (Lipinski definition) is 9. The molecule has 1 aromatic carbocycles. The minimum atomic E-state index is 0.160. The third-order valence-corrected chi connectivity index (χ3v) is 12.7. The van der Waals surface area contributed by atoms with Gasteiger partial charge in [-0.3, -0.25) is 0 Å². The van der Waals surface area contributed by atoms with Crippen LogP contribution in [-0.2, 0) is 0 Å². The van der Waals surface area contributed by atoms with Crippen molar-refractivity contribution in [2.45, 2.75) is 18.3 Å². The lowest BCUT2D eigenvalue weighted by Gasteiger charge is -2.26. The SMILES string of the molecule is C=C1CSCC(Oc2cc(OC3CSCC(=C)CSC3)cc(OC3CSCC(=C)CSC3)c2)CSC1. The summed E-state index contributed by atoms with van der Waals surface area (Å²) in [6.45, 7) is 12.5. The number of thioether (sulfide) groups is 6. The van der Waals surface area contributed by atoms with Gasteiger partial charge < -0.3 is 14.2 Å². The molecule has 3 saturated heterocycles. The Morgan fingerprint density at radius 2 is 0.667 bits per heavy atom. The molecular weight excluding hydrogens is 565 g/mol. The smallest absolute Gasteiger partial charge is 0.127 e. The molecule has 0 atom stereocenters. The molecule has 3 nitrogen and oxygen atoms in total. The summed E-state index contributed by atoms with van der Waals surface area (Å²) in [4.78, 5) is 0. The van der Waals surface area contributed by atoms with Gasteiger partial charge in [-0.15, -0.1) is 0 Å². The van der Waals surface area contributed by atoms with Crippen LogP contribution in [0.5, 0.6) is 17.2 Å². The minimum absolute atomic E-state index is 0.160. The molecule has 0 aliphatic carbocycles. The van der Waals surface area contributed by atoms with Crippen molar-refractivity contribution in [3.8, 4) is 17.2 Å². The molecule has 0 saturated carbocycles. The molecule has 3 heterocycles. The lowest BCUT2D eigenvalue weighted by molar-refractivity contribution is 0.224. The van der Waals surface area contributed by atoms with E-state index in [1.54, 1.807) is 0 Å². The monoisotopic (exact) mass is 600 g/mol. The average Bonchev–Trinajstić information content (AvgIpc) is 2.79. The van der Waals surface area contributed by atoms with E-state index < -0.39 is 0 Å². The number of benzene rings is 1. The molecule has 0 N–H and O–H groups in total. The molecule has 198 valence electrons. The predicted octanol–water partition coefficient (Wildman–Crippen LogP) is 7.04. The van der Waals surface area contributed by atoms with Crippen LogP contribution < -0.4 is 14.2 Å². The van der Waals surface area contributed by atoms with Gasteiger partial charge in [0.25, 0.3) is 0 Å². The first-order valence-electron chi connectivity index (χ1n) is 12.1. The van der Waals surface area contributed by atoms with Crippen LogP contribution in [0.25, 0.3) is 0 Å². The summed E-state index contributed by atoms with van der Waals surface area (Å²) >= 11 is 11.5. The van der Waals surface area contributed by atoms with E-state index in [0.29, 0.717) is 0 Å². The van der Waals surface area contributed by atoms with Crippen molar-refractivity contribution < 1.29 is 14.2 Å². The summed E-state index contributed by atoms with van der Waals surface area (Å²) in [5, 5.41) is 0. The lowest BCUT2D eigenvalue weighted by Crippen LogP contribution is -2.26. The van der Waals surface area contributed by atoms with Crippen LogP contribution in [0.4, 0.5) is 0 Å². The molecule has 3 aliphatic heterocycles. The normalized spacial score (nSPS) is 22.5. The van der Waals surface area contributed by atoms with Gasteiger partial charge in [0.05, 0.1) is 0 Å². The van der Waals surface area contributed by atoms with Crippen molar-refractivity contribution in [1.29, 1.82) is 0 Å². The van der Waals surface area contributed by atoms with E-state index >= 15 is 0 Å². The molecule has 4 rings (SSSR count). The molecule has 9 heteroatoms. The zero-order valence-electron chi connectivity index (χ0n) is 20.7. The van der Waals surface area contributed by atoms with Crippen molar-refractivity contribution in [3.63, 3.8) is 0 Å². The molecule has 0 amide bonds. The van der Waals surface area contributed by atoms with E-state index in [1.807, 2.05) is 70.6 Å². The maximum atomic E-state index is 6.53. The molecule has 1 aromatic rings. The molecule has 0 radical (unpaired) electrons. The third-order valence-electron chi connectivity index (χ3n) is 5.42. The zero-order chi connectivity index (χ0) is 25.2. The van der Waals surface area contributed by atoms with E-state index in [2.05, 4.69) is 37.9 Å². The van der Waals surface area contributed by atoms with Crippen molar-refractivity contribution in [1.82, 2.24) is 0 Å². The number of ether oxygens (including phenoxy) is 3. The molecular formula is C27H36O3S6. The fourth-order valence-corrected chi connectivity index (χ4v) is 10.4. The second-order valence-corrected chi connectivity index (χ2v) is 15.4. The van der Waals surface area contributed by atoms with E-state index in [9.17, 15) is 0 Å². The Morgan fingerprint density at radius 1 is 0.444 bits per heavy atom. The summed E-state index contributed by atoms with van der Waals surface area (Å²) < 4.78 is 19.6. The fraction of sp³-hybridized carbons (Fsp3) is 0.556. The summed E-state index contributed by atoms with van der Waals surface area (Å²) in [5.74, 6) is 14.4. The fourth-order valence-electron chi connectivity index (χ4n) is 3.81. The summed E-state index contributed by atoms with van der Waals surface area (Å²) in [6.07, 6.45) is 0.481. The standard InChI is InChI=1S/C27H36O3S6/c1-19-7-31-13-25(14-32-8-19)28-22-4-23(29-26-15-33-9-20(2)10-34-16-26)6-24(5-22)30-27-17-35-11-21(3)12-36-18-27/h4-6,25-27H,1-3,7-18H2. The van der Waals surface area contributed by atoms with Gasteiger partial charge >= 0.3 is 0 Å². The first kappa shape index (κ1) is 28.9. The highest BCUT2D eigenvalue weighted by molar-refractivity contribution is 8.02. The van der Waals surface area contributed by atoms with Crippen LogP contribution in [-0.4, -0.2) is 87.3 Å². The number of rotatable bonds is 6. The van der Waals surface area contributed by atoms with Crippen molar-refractivity contribution in [3.05, 3.63) is 54.7 Å². The van der Waals surface area contributed by atoms with Crippen LogP contribution >= 0.6 is 70.6 Å². The van der Waals surface area contributed by atoms with Crippen LogP contribution in [0.15, 0.2) is 54.7 Å². The summed E-state index contributed by atoms with van der Waals surface area (Å²) in [7, 11) is 0. The largest absolute Gasteiger partial charge is 0.488 e. The van der Waals surface area contributed by atoms with Gasteiger partial charge in [-0.1, -0.05) is 36.5 Å². The van der Waals surface area contributed by atoms with E-state index in [0.717, 1.165) is 86.3 Å². The van der Waals surface area contributed by atoms with Gasteiger partial charge in [0.15, 0.2) is 0 Å². The maximum Gasteiger partial charge on any atom is 0.127 e. The zero-order valence-corrected chi connectivity index (χ0v) is 25.6. The Kier molecular flexibility index (Phi) is 12.5. The van der Waals surface area contributed by atoms with Gasteiger partial charge in [0.2, 0.25) is 0 Å². The molecule has 0 bridgehead atoms. The van der Waals surface area contributed by atoms with E-state index in [4.69, 9.17) is 14.2 Å². The minimum Gasteiger partial charge on any atom is -0.488 e. The van der Waals surface area contributed by atoms with Gasteiger partial charge in [-0.25, -0.2) is 0 Å². The third kappa shape index (κ3) is 10.3. The Morgan fingerprint density at radius 3 is 0.889 bits per heavy atom. The van der Waals surface area contributed by atoms with E-state index in [-0.39, 0.29) is 18.3 Å².